The second-order valence-corrected chi connectivity index (χ2v) is 4.26. The highest BCUT2D eigenvalue weighted by Gasteiger charge is 2.08. The predicted molar refractivity (Wildman–Crippen MR) is 79.7 cm³/mol. The molecular formula is C15H18N4. The first-order valence-electron chi connectivity index (χ1n) is 6.16. The molecule has 1 aliphatic rings. The molecule has 4 nitrogen and oxygen atoms in total. The van der Waals surface area contributed by atoms with Crippen LogP contribution in [0, 0.1) is 0 Å². The standard InChI is InChI=1S/C15H18N4/c1-12(14-10-17-19(3)11-14)18-15(16-2)13-8-6-4-5-7-9-13/h4-6,8-11H,1,7H2,2-3H3,(H,16,18). The number of rotatable bonds is 3. The Hall–Kier alpha value is -2.36. The number of nitrogens with zero attached hydrogens (tertiary/aromatic N) is 3. The van der Waals surface area contributed by atoms with Crippen LogP contribution in [-0.4, -0.2) is 22.7 Å². The molecule has 1 aromatic rings. The number of aliphatic imine (C=N–C) groups is 1. The lowest BCUT2D eigenvalue weighted by molar-refractivity contribution is 0.767. The molecule has 0 saturated carbocycles. The fraction of sp³-hybridized carbons (Fsp3) is 0.200. The molecule has 1 N–H and O–H groups in total. The summed E-state index contributed by atoms with van der Waals surface area (Å²) in [6, 6.07) is 0. The van der Waals surface area contributed by atoms with Crippen LogP contribution in [0.5, 0.6) is 0 Å². The molecule has 0 saturated heterocycles. The third kappa shape index (κ3) is 3.31. The van der Waals surface area contributed by atoms with Gasteiger partial charge in [-0.05, 0) is 6.42 Å². The quantitative estimate of drug-likeness (QED) is 0.665. The van der Waals surface area contributed by atoms with E-state index in [0.29, 0.717) is 0 Å². The van der Waals surface area contributed by atoms with Crippen LogP contribution in [0.15, 0.2) is 59.9 Å². The monoisotopic (exact) mass is 254 g/mol. The summed E-state index contributed by atoms with van der Waals surface area (Å²) in [4.78, 5) is 4.30. The number of aromatic nitrogens is 2. The molecule has 0 amide bonds. The molecule has 0 fully saturated rings. The van der Waals surface area contributed by atoms with Gasteiger partial charge in [0, 0.05) is 37.1 Å². The Labute approximate surface area is 113 Å². The van der Waals surface area contributed by atoms with Gasteiger partial charge in [0.1, 0.15) is 5.84 Å². The van der Waals surface area contributed by atoms with Crippen LogP contribution in [0.25, 0.3) is 5.70 Å². The number of hydrogen-bond acceptors (Lipinski definition) is 2. The zero-order valence-corrected chi connectivity index (χ0v) is 11.3. The minimum absolute atomic E-state index is 0.792. The summed E-state index contributed by atoms with van der Waals surface area (Å²) < 4.78 is 1.75. The van der Waals surface area contributed by atoms with Crippen LogP contribution in [-0.2, 0) is 7.05 Å². The predicted octanol–water partition coefficient (Wildman–Crippen LogP) is 2.45. The maximum Gasteiger partial charge on any atom is 0.132 e. The van der Waals surface area contributed by atoms with Crippen molar-refractivity contribution in [2.24, 2.45) is 12.0 Å². The summed E-state index contributed by atoms with van der Waals surface area (Å²) in [6.45, 7) is 4.03. The highest BCUT2D eigenvalue weighted by atomic mass is 15.2. The van der Waals surface area contributed by atoms with Crippen LogP contribution in [0.1, 0.15) is 12.0 Å². The number of nitrogens with one attached hydrogen (secondary N) is 1. The first kappa shape index (κ1) is 13.1. The Morgan fingerprint density at radius 2 is 2.32 bits per heavy atom. The Kier molecular flexibility index (Phi) is 4.13. The van der Waals surface area contributed by atoms with Gasteiger partial charge < -0.3 is 5.32 Å². The van der Waals surface area contributed by atoms with E-state index in [-0.39, 0.29) is 0 Å². The van der Waals surface area contributed by atoms with Crippen molar-refractivity contribution in [2.45, 2.75) is 6.42 Å². The summed E-state index contributed by atoms with van der Waals surface area (Å²) in [5.74, 6) is 0.814. The van der Waals surface area contributed by atoms with Crippen LogP contribution >= 0.6 is 0 Å². The molecule has 98 valence electrons. The molecule has 1 heterocycles. The summed E-state index contributed by atoms with van der Waals surface area (Å²) in [5, 5.41) is 7.38. The molecule has 1 aliphatic carbocycles. The summed E-state index contributed by atoms with van der Waals surface area (Å²) in [5.41, 5.74) is 2.82. The Morgan fingerprint density at radius 3 is 3.00 bits per heavy atom. The van der Waals surface area contributed by atoms with Crippen LogP contribution in [0.3, 0.4) is 0 Å². The lowest BCUT2D eigenvalue weighted by atomic mass is 10.2. The van der Waals surface area contributed by atoms with Crippen molar-refractivity contribution >= 4 is 11.5 Å². The fourth-order valence-corrected chi connectivity index (χ4v) is 1.80. The van der Waals surface area contributed by atoms with Gasteiger partial charge in [-0.15, -0.1) is 0 Å². The van der Waals surface area contributed by atoms with Crippen LogP contribution in [0.2, 0.25) is 0 Å². The van der Waals surface area contributed by atoms with Gasteiger partial charge in [-0.3, -0.25) is 9.67 Å². The number of amidine groups is 1. The van der Waals surface area contributed by atoms with E-state index in [1.165, 1.54) is 0 Å². The van der Waals surface area contributed by atoms with Gasteiger partial charge in [0.15, 0.2) is 0 Å². The number of hydrogen-bond donors (Lipinski definition) is 1. The summed E-state index contributed by atoms with van der Waals surface area (Å²) >= 11 is 0. The number of allylic oxidation sites excluding steroid dienone is 4. The summed E-state index contributed by atoms with van der Waals surface area (Å²) in [7, 11) is 3.65. The molecular weight excluding hydrogens is 236 g/mol. The van der Waals surface area contributed by atoms with E-state index < -0.39 is 0 Å². The fourth-order valence-electron chi connectivity index (χ4n) is 1.80. The van der Waals surface area contributed by atoms with Gasteiger partial charge in [0.25, 0.3) is 0 Å². The van der Waals surface area contributed by atoms with E-state index in [1.807, 2.05) is 31.5 Å². The zero-order chi connectivity index (χ0) is 13.7. The maximum atomic E-state index is 4.30. The second-order valence-electron chi connectivity index (χ2n) is 4.26. The smallest absolute Gasteiger partial charge is 0.132 e. The minimum Gasteiger partial charge on any atom is -0.340 e. The van der Waals surface area contributed by atoms with Gasteiger partial charge >= 0.3 is 0 Å². The lowest BCUT2D eigenvalue weighted by Crippen LogP contribution is -2.22. The van der Waals surface area contributed by atoms with Crippen molar-refractivity contribution in [1.82, 2.24) is 15.1 Å². The average Bonchev–Trinajstić information content (AvgIpc) is 2.67. The first-order chi connectivity index (χ1) is 9.20. The second kappa shape index (κ2) is 6.00. The molecule has 0 atom stereocenters. The normalized spacial score (nSPS) is 15.1. The lowest BCUT2D eigenvalue weighted by Gasteiger charge is -2.11. The maximum absolute atomic E-state index is 4.30. The van der Waals surface area contributed by atoms with Gasteiger partial charge in [0.05, 0.1) is 6.20 Å². The molecule has 0 unspecified atom stereocenters. The molecule has 1 aromatic heterocycles. The molecule has 4 heteroatoms. The SMILES string of the molecule is C=C(NC(=NC)C1=CCC=CC=C1)c1cnn(C)c1. The van der Waals surface area contributed by atoms with Crippen molar-refractivity contribution in [3.05, 3.63) is 60.5 Å². The van der Waals surface area contributed by atoms with Crippen molar-refractivity contribution in [3.63, 3.8) is 0 Å². The van der Waals surface area contributed by atoms with Gasteiger partial charge in [-0.1, -0.05) is 37.0 Å². The molecule has 0 aliphatic heterocycles. The molecule has 0 radical (unpaired) electrons. The Morgan fingerprint density at radius 1 is 1.47 bits per heavy atom. The molecule has 2 rings (SSSR count). The van der Waals surface area contributed by atoms with Gasteiger partial charge in [-0.2, -0.15) is 5.10 Å². The van der Waals surface area contributed by atoms with E-state index in [9.17, 15) is 0 Å². The zero-order valence-electron chi connectivity index (χ0n) is 11.3. The van der Waals surface area contributed by atoms with Gasteiger partial charge in [0.2, 0.25) is 0 Å². The first-order valence-corrected chi connectivity index (χ1v) is 6.16. The van der Waals surface area contributed by atoms with Crippen LogP contribution in [0.4, 0.5) is 0 Å². The molecule has 0 aromatic carbocycles. The third-order valence-electron chi connectivity index (χ3n) is 2.82. The van der Waals surface area contributed by atoms with Crippen molar-refractivity contribution in [1.29, 1.82) is 0 Å². The Balaban J connectivity index is 2.12. The van der Waals surface area contributed by atoms with Crippen molar-refractivity contribution in [3.8, 4) is 0 Å². The van der Waals surface area contributed by atoms with E-state index in [1.54, 1.807) is 17.9 Å². The summed E-state index contributed by atoms with van der Waals surface area (Å²) in [6.07, 6.45) is 14.9. The highest BCUT2D eigenvalue weighted by Crippen LogP contribution is 2.11. The average molecular weight is 254 g/mol. The largest absolute Gasteiger partial charge is 0.340 e. The Bertz CT molecular complexity index is 585. The van der Waals surface area contributed by atoms with Crippen LogP contribution < -0.4 is 5.32 Å². The number of aryl methyl sites for hydroxylation is 1. The topological polar surface area (TPSA) is 42.2 Å². The third-order valence-corrected chi connectivity index (χ3v) is 2.82. The molecule has 19 heavy (non-hydrogen) atoms. The highest BCUT2D eigenvalue weighted by molar-refractivity contribution is 6.04. The van der Waals surface area contributed by atoms with Crippen molar-refractivity contribution < 1.29 is 0 Å². The van der Waals surface area contributed by atoms with E-state index in [4.69, 9.17) is 0 Å². The van der Waals surface area contributed by atoms with E-state index in [2.05, 4.69) is 34.1 Å². The van der Waals surface area contributed by atoms with E-state index in [0.717, 1.165) is 29.1 Å². The molecule has 0 bridgehead atoms. The van der Waals surface area contributed by atoms with E-state index >= 15 is 0 Å². The van der Waals surface area contributed by atoms with Gasteiger partial charge in [-0.25, -0.2) is 0 Å². The molecule has 0 spiro atoms. The minimum atomic E-state index is 0.792. The van der Waals surface area contributed by atoms with Crippen molar-refractivity contribution in [2.75, 3.05) is 7.05 Å².